The largest absolute Gasteiger partial charge is 0.438 e. The number of halogens is 1. The van der Waals surface area contributed by atoms with Gasteiger partial charge in [-0.15, -0.1) is 23.1 Å². The Balaban J connectivity index is 1.86. The van der Waals surface area contributed by atoms with Crippen LogP contribution in [0.4, 0.5) is 4.39 Å². The number of allylic oxidation sites excluding steroid dienone is 1. The molecule has 1 aliphatic heterocycles. The third-order valence-corrected chi connectivity index (χ3v) is 7.94. The van der Waals surface area contributed by atoms with Crippen LogP contribution in [0.2, 0.25) is 0 Å². The van der Waals surface area contributed by atoms with E-state index in [1.54, 1.807) is 23.9 Å². The van der Waals surface area contributed by atoms with Gasteiger partial charge in [0, 0.05) is 0 Å². The summed E-state index contributed by atoms with van der Waals surface area (Å²) in [7, 11) is 0. The van der Waals surface area contributed by atoms with Crippen molar-refractivity contribution < 1.29 is 9.13 Å². The summed E-state index contributed by atoms with van der Waals surface area (Å²) in [5, 5.41) is 10.6. The van der Waals surface area contributed by atoms with E-state index in [4.69, 9.17) is 10.5 Å². The van der Waals surface area contributed by atoms with Crippen LogP contribution in [0.1, 0.15) is 17.0 Å². The van der Waals surface area contributed by atoms with Crippen LogP contribution < -0.4 is 16.0 Å². The summed E-state index contributed by atoms with van der Waals surface area (Å²) in [5.41, 5.74) is 7.33. The lowest BCUT2D eigenvalue weighted by Gasteiger charge is -2.25. The molecule has 0 saturated carbocycles. The monoisotopic (exact) mass is 442 g/mol. The molecule has 3 aromatic heterocycles. The Hall–Kier alpha value is -2.87. The average molecular weight is 443 g/mol. The van der Waals surface area contributed by atoms with Gasteiger partial charge in [0.15, 0.2) is 5.75 Å². The van der Waals surface area contributed by atoms with Crippen molar-refractivity contribution in [2.75, 3.05) is 6.26 Å². The highest BCUT2D eigenvalue weighted by atomic mass is 32.2. The van der Waals surface area contributed by atoms with Gasteiger partial charge >= 0.3 is 0 Å². The number of H-pyrrole nitrogens is 1. The first kappa shape index (κ1) is 18.2. The van der Waals surface area contributed by atoms with Crippen LogP contribution in [-0.2, 0) is 0 Å². The zero-order valence-corrected chi connectivity index (χ0v) is 17.2. The molecule has 1 atom stereocenters. The maximum absolute atomic E-state index is 13.4. The second-order valence-corrected chi connectivity index (χ2v) is 9.18. The molecule has 29 heavy (non-hydrogen) atoms. The fraction of sp³-hybridized carbons (Fsp3) is 0.105. The van der Waals surface area contributed by atoms with Crippen LogP contribution in [0.15, 0.2) is 44.7 Å². The Morgan fingerprint density at radius 2 is 2.14 bits per heavy atom. The number of ether oxygens (including phenoxy) is 1. The van der Waals surface area contributed by atoms with Gasteiger partial charge in [0.25, 0.3) is 5.56 Å². The van der Waals surface area contributed by atoms with E-state index in [2.05, 4.69) is 9.36 Å². The highest BCUT2D eigenvalue weighted by Gasteiger charge is 2.35. The molecule has 144 valence electrons. The smallest absolute Gasteiger partial charge is 0.256 e. The molecule has 1 aliphatic rings. The predicted octanol–water partition coefficient (Wildman–Crippen LogP) is 4.28. The Morgan fingerprint density at radius 3 is 2.83 bits per heavy atom. The Labute approximate surface area is 175 Å². The van der Waals surface area contributed by atoms with Gasteiger partial charge < -0.3 is 15.5 Å². The molecule has 0 aliphatic carbocycles. The molecule has 1 aromatic carbocycles. The molecule has 0 saturated heterocycles. The summed E-state index contributed by atoms with van der Waals surface area (Å²) in [5.74, 6) is -0.885. The summed E-state index contributed by atoms with van der Waals surface area (Å²) in [4.78, 5) is 16.9. The molecule has 6 nitrogen and oxygen atoms in total. The number of fused-ring (bicyclic) bond motifs is 5. The second-order valence-electron chi connectivity index (χ2n) is 6.33. The van der Waals surface area contributed by atoms with Crippen LogP contribution in [0.5, 0.6) is 5.75 Å². The lowest BCUT2D eigenvalue weighted by Crippen LogP contribution is -2.27. The van der Waals surface area contributed by atoms with Crippen LogP contribution in [-0.4, -0.2) is 15.6 Å². The van der Waals surface area contributed by atoms with Crippen molar-refractivity contribution in [2.45, 2.75) is 10.1 Å². The molecule has 0 radical (unpaired) electrons. The van der Waals surface area contributed by atoms with E-state index in [1.807, 2.05) is 12.3 Å². The van der Waals surface area contributed by atoms with E-state index in [1.165, 1.54) is 35.0 Å². The summed E-state index contributed by atoms with van der Waals surface area (Å²) in [6.07, 6.45) is 1.95. The molecule has 1 unspecified atom stereocenters. The number of nitrogens with one attached hydrogen (secondary N) is 1. The number of nitriles is 1. The minimum Gasteiger partial charge on any atom is -0.438 e. The van der Waals surface area contributed by atoms with Gasteiger partial charge in [0.1, 0.15) is 22.3 Å². The molecule has 10 heteroatoms. The van der Waals surface area contributed by atoms with Crippen molar-refractivity contribution >= 4 is 55.1 Å². The van der Waals surface area contributed by atoms with Gasteiger partial charge in [-0.2, -0.15) is 9.64 Å². The van der Waals surface area contributed by atoms with Crippen molar-refractivity contribution in [3.05, 3.63) is 63.0 Å². The van der Waals surface area contributed by atoms with Crippen LogP contribution in [0, 0.1) is 17.1 Å². The van der Waals surface area contributed by atoms with Crippen molar-refractivity contribution in [2.24, 2.45) is 5.73 Å². The number of nitrogens with two attached hydrogens (primary N) is 1. The van der Waals surface area contributed by atoms with Crippen molar-refractivity contribution in [3.63, 3.8) is 0 Å². The number of thiophene rings is 1. The Kier molecular flexibility index (Phi) is 4.13. The minimum atomic E-state index is -0.746. The number of benzene rings is 1. The lowest BCUT2D eigenvalue weighted by molar-refractivity contribution is 0.397. The number of thioether (sulfide) groups is 1. The summed E-state index contributed by atoms with van der Waals surface area (Å²) in [6.45, 7) is 0. The predicted molar refractivity (Wildman–Crippen MR) is 113 cm³/mol. The number of hydrogen-bond acceptors (Lipinski definition) is 8. The topological polar surface area (TPSA) is 105 Å². The van der Waals surface area contributed by atoms with E-state index in [9.17, 15) is 14.4 Å². The summed E-state index contributed by atoms with van der Waals surface area (Å²) >= 11 is 4.34. The standard InChI is InChI=1S/C19H11FN4O2S3/c1-27-19-12-13-15(28-18(12)24-29-19)14-11(17(25)23-13)10(9(6-21)16(22)26-14)7-2-4-8(20)5-3-7/h2-5,10H,22H2,1H3,(H,23,25). The SMILES string of the molecule is CSc1snc2sc3c4c(c(=O)[nH]c3c12)C(c1ccc(F)cc1)C(C#N)=C(N)O4. The van der Waals surface area contributed by atoms with Gasteiger partial charge in [-0.3, -0.25) is 4.79 Å². The normalized spacial score (nSPS) is 16.1. The maximum atomic E-state index is 13.4. The molecule has 0 spiro atoms. The number of aromatic amines is 1. The molecular weight excluding hydrogens is 431 g/mol. The van der Waals surface area contributed by atoms with Crippen molar-refractivity contribution in [1.82, 2.24) is 9.36 Å². The average Bonchev–Trinajstić information content (AvgIpc) is 3.27. The van der Waals surface area contributed by atoms with Gasteiger partial charge in [0.2, 0.25) is 5.88 Å². The molecule has 0 bridgehead atoms. The Morgan fingerprint density at radius 1 is 1.38 bits per heavy atom. The Bertz CT molecular complexity index is 1430. The van der Waals surface area contributed by atoms with Crippen molar-refractivity contribution in [3.8, 4) is 11.8 Å². The van der Waals surface area contributed by atoms with Gasteiger partial charge in [-0.05, 0) is 35.5 Å². The summed E-state index contributed by atoms with van der Waals surface area (Å²) in [6, 6.07) is 7.71. The summed E-state index contributed by atoms with van der Waals surface area (Å²) < 4.78 is 25.4. The minimum absolute atomic E-state index is 0.0600. The van der Waals surface area contributed by atoms with E-state index in [-0.39, 0.29) is 22.6 Å². The molecular formula is C19H11FN4O2S3. The maximum Gasteiger partial charge on any atom is 0.256 e. The fourth-order valence-corrected chi connectivity index (χ4v) is 6.30. The third-order valence-electron chi connectivity index (χ3n) is 4.80. The fourth-order valence-electron chi connectivity index (χ4n) is 3.55. The quantitative estimate of drug-likeness (QED) is 0.449. The second kappa shape index (κ2) is 6.59. The molecule has 4 aromatic rings. The number of pyridine rings is 1. The lowest BCUT2D eigenvalue weighted by atomic mass is 9.84. The molecule has 5 rings (SSSR count). The number of rotatable bonds is 2. The first-order valence-corrected chi connectivity index (χ1v) is 11.2. The number of nitrogens with zero attached hydrogens (tertiary/aromatic N) is 2. The van der Waals surface area contributed by atoms with Gasteiger partial charge in [-0.1, -0.05) is 12.1 Å². The molecule has 3 N–H and O–H groups in total. The molecule has 0 fully saturated rings. The van der Waals surface area contributed by atoms with E-state index < -0.39 is 11.7 Å². The highest BCUT2D eigenvalue weighted by molar-refractivity contribution is 8.00. The molecule has 0 amide bonds. The van der Waals surface area contributed by atoms with Gasteiger partial charge in [-0.25, -0.2) is 4.39 Å². The first-order chi connectivity index (χ1) is 14.0. The van der Waals surface area contributed by atoms with Crippen LogP contribution in [0.25, 0.3) is 20.4 Å². The number of hydrogen-bond donors (Lipinski definition) is 2. The van der Waals surface area contributed by atoms with E-state index >= 15 is 0 Å². The highest BCUT2D eigenvalue weighted by Crippen LogP contribution is 2.48. The third kappa shape index (κ3) is 2.58. The van der Waals surface area contributed by atoms with E-state index in [0.717, 1.165) is 14.4 Å². The first-order valence-electron chi connectivity index (χ1n) is 8.38. The zero-order chi connectivity index (χ0) is 20.3. The molecule has 4 heterocycles. The van der Waals surface area contributed by atoms with Gasteiger partial charge in [0.05, 0.1) is 31.3 Å². The van der Waals surface area contributed by atoms with Crippen LogP contribution >= 0.6 is 34.6 Å². The number of aromatic nitrogens is 2. The van der Waals surface area contributed by atoms with E-state index in [0.29, 0.717) is 21.5 Å². The van der Waals surface area contributed by atoms with Crippen LogP contribution in [0.3, 0.4) is 0 Å². The van der Waals surface area contributed by atoms with Crippen molar-refractivity contribution in [1.29, 1.82) is 5.26 Å². The zero-order valence-electron chi connectivity index (χ0n) is 14.8.